The Kier molecular flexibility index (Phi) is 3.88. The number of rotatable bonds is 4. The van der Waals surface area contributed by atoms with E-state index in [-0.39, 0.29) is 0 Å². The highest BCUT2D eigenvalue weighted by Crippen LogP contribution is 2.30. The SMILES string of the molecule is COc1cccnc1N1CCC(CCCl)C1. The second-order valence-corrected chi connectivity index (χ2v) is 4.49. The maximum absolute atomic E-state index is 5.78. The summed E-state index contributed by atoms with van der Waals surface area (Å²) >= 11 is 5.78. The third-order valence-electron chi connectivity index (χ3n) is 3.07. The molecule has 3 nitrogen and oxygen atoms in total. The van der Waals surface area contributed by atoms with Gasteiger partial charge in [0, 0.05) is 25.2 Å². The van der Waals surface area contributed by atoms with Crippen molar-refractivity contribution in [2.24, 2.45) is 5.92 Å². The Morgan fingerprint density at radius 2 is 2.50 bits per heavy atom. The molecule has 0 bridgehead atoms. The molecule has 1 aliphatic heterocycles. The summed E-state index contributed by atoms with van der Waals surface area (Å²) in [6.07, 6.45) is 4.10. The average Bonchev–Trinajstić information content (AvgIpc) is 2.78. The highest BCUT2D eigenvalue weighted by atomic mass is 35.5. The summed E-state index contributed by atoms with van der Waals surface area (Å²) in [4.78, 5) is 6.68. The summed E-state index contributed by atoms with van der Waals surface area (Å²) in [6, 6.07) is 3.85. The second-order valence-electron chi connectivity index (χ2n) is 4.11. The third kappa shape index (κ3) is 2.40. The Hall–Kier alpha value is -0.960. The van der Waals surface area contributed by atoms with Crippen LogP contribution in [0.15, 0.2) is 18.3 Å². The number of ether oxygens (including phenoxy) is 1. The number of hydrogen-bond donors (Lipinski definition) is 0. The summed E-state index contributed by atoms with van der Waals surface area (Å²) < 4.78 is 5.32. The molecule has 1 aromatic heterocycles. The molecule has 0 radical (unpaired) electrons. The Morgan fingerprint density at radius 1 is 1.62 bits per heavy atom. The van der Waals surface area contributed by atoms with Crippen molar-refractivity contribution in [2.75, 3.05) is 31.0 Å². The van der Waals surface area contributed by atoms with Crippen LogP contribution >= 0.6 is 11.6 Å². The highest BCUT2D eigenvalue weighted by molar-refractivity contribution is 6.17. The Bertz CT molecular complexity index is 346. The Balaban J connectivity index is 2.08. The van der Waals surface area contributed by atoms with Gasteiger partial charge >= 0.3 is 0 Å². The van der Waals surface area contributed by atoms with Gasteiger partial charge in [0.1, 0.15) is 0 Å². The van der Waals surface area contributed by atoms with Crippen LogP contribution in [0.5, 0.6) is 5.75 Å². The van der Waals surface area contributed by atoms with E-state index in [0.29, 0.717) is 5.92 Å². The van der Waals surface area contributed by atoms with Gasteiger partial charge in [0.15, 0.2) is 11.6 Å². The van der Waals surface area contributed by atoms with Gasteiger partial charge in [0.05, 0.1) is 7.11 Å². The number of nitrogens with zero attached hydrogens (tertiary/aromatic N) is 2. The van der Waals surface area contributed by atoms with Gasteiger partial charge in [-0.05, 0) is 30.9 Å². The van der Waals surface area contributed by atoms with E-state index in [1.54, 1.807) is 7.11 Å². The van der Waals surface area contributed by atoms with E-state index in [9.17, 15) is 0 Å². The van der Waals surface area contributed by atoms with E-state index in [0.717, 1.165) is 37.0 Å². The number of hydrogen-bond acceptors (Lipinski definition) is 3. The lowest BCUT2D eigenvalue weighted by Gasteiger charge is -2.19. The molecule has 88 valence electrons. The topological polar surface area (TPSA) is 25.4 Å². The fourth-order valence-electron chi connectivity index (χ4n) is 2.19. The minimum Gasteiger partial charge on any atom is -0.493 e. The number of anilines is 1. The van der Waals surface area contributed by atoms with Gasteiger partial charge < -0.3 is 9.64 Å². The molecule has 2 rings (SSSR count). The zero-order valence-corrected chi connectivity index (χ0v) is 10.3. The fraction of sp³-hybridized carbons (Fsp3) is 0.583. The van der Waals surface area contributed by atoms with Gasteiger partial charge in [0.25, 0.3) is 0 Å². The standard InChI is InChI=1S/C12H17ClN2O/c1-16-11-3-2-7-14-12(11)15-8-5-10(9-15)4-6-13/h2-3,7,10H,4-6,8-9H2,1H3. The van der Waals surface area contributed by atoms with Crippen molar-refractivity contribution in [2.45, 2.75) is 12.8 Å². The van der Waals surface area contributed by atoms with E-state index in [4.69, 9.17) is 16.3 Å². The second kappa shape index (κ2) is 5.39. The summed E-state index contributed by atoms with van der Waals surface area (Å²) in [7, 11) is 1.69. The van der Waals surface area contributed by atoms with Crippen LogP contribution in [0.1, 0.15) is 12.8 Å². The van der Waals surface area contributed by atoms with Crippen molar-refractivity contribution in [3.8, 4) is 5.75 Å². The number of pyridine rings is 1. The zero-order chi connectivity index (χ0) is 11.4. The van der Waals surface area contributed by atoms with Gasteiger partial charge in [-0.2, -0.15) is 0 Å². The first kappa shape index (κ1) is 11.5. The lowest BCUT2D eigenvalue weighted by atomic mass is 10.1. The molecule has 0 N–H and O–H groups in total. The van der Waals surface area contributed by atoms with E-state index in [1.165, 1.54) is 6.42 Å². The van der Waals surface area contributed by atoms with Crippen molar-refractivity contribution in [1.82, 2.24) is 4.98 Å². The molecule has 16 heavy (non-hydrogen) atoms. The van der Waals surface area contributed by atoms with Crippen LogP contribution in [0.3, 0.4) is 0 Å². The highest BCUT2D eigenvalue weighted by Gasteiger charge is 2.24. The maximum Gasteiger partial charge on any atom is 0.171 e. The number of methoxy groups -OCH3 is 1. The van der Waals surface area contributed by atoms with Crippen molar-refractivity contribution < 1.29 is 4.74 Å². The third-order valence-corrected chi connectivity index (χ3v) is 3.29. The van der Waals surface area contributed by atoms with Gasteiger partial charge in [-0.15, -0.1) is 11.6 Å². The van der Waals surface area contributed by atoms with E-state index < -0.39 is 0 Å². The summed E-state index contributed by atoms with van der Waals surface area (Å²) in [5.74, 6) is 3.26. The minimum atomic E-state index is 0.698. The van der Waals surface area contributed by atoms with Crippen LogP contribution in [-0.2, 0) is 0 Å². The van der Waals surface area contributed by atoms with Crippen LogP contribution in [0.2, 0.25) is 0 Å². The normalized spacial score (nSPS) is 20.1. The van der Waals surface area contributed by atoms with Gasteiger partial charge in [-0.25, -0.2) is 4.98 Å². The molecule has 0 aliphatic carbocycles. The largest absolute Gasteiger partial charge is 0.493 e. The van der Waals surface area contributed by atoms with Crippen molar-refractivity contribution >= 4 is 17.4 Å². The number of alkyl halides is 1. The van der Waals surface area contributed by atoms with Crippen LogP contribution in [0, 0.1) is 5.92 Å². The first-order valence-electron chi connectivity index (χ1n) is 5.65. The van der Waals surface area contributed by atoms with Crippen molar-refractivity contribution in [3.05, 3.63) is 18.3 Å². The van der Waals surface area contributed by atoms with E-state index in [2.05, 4.69) is 9.88 Å². The maximum atomic E-state index is 5.78. The summed E-state index contributed by atoms with van der Waals surface area (Å²) in [5.41, 5.74) is 0. The molecule has 1 aliphatic rings. The fourth-order valence-corrected chi connectivity index (χ4v) is 2.50. The van der Waals surface area contributed by atoms with Gasteiger partial charge in [0.2, 0.25) is 0 Å². The van der Waals surface area contributed by atoms with Crippen molar-refractivity contribution in [1.29, 1.82) is 0 Å². The van der Waals surface area contributed by atoms with Crippen molar-refractivity contribution in [3.63, 3.8) is 0 Å². The van der Waals surface area contributed by atoms with Gasteiger partial charge in [-0.1, -0.05) is 0 Å². The average molecular weight is 241 g/mol. The zero-order valence-electron chi connectivity index (χ0n) is 9.53. The predicted octanol–water partition coefficient (Wildman–Crippen LogP) is 2.55. The van der Waals surface area contributed by atoms with E-state index in [1.807, 2.05) is 18.3 Å². The molecule has 1 saturated heterocycles. The van der Waals surface area contributed by atoms with Crippen LogP contribution < -0.4 is 9.64 Å². The summed E-state index contributed by atoms with van der Waals surface area (Å²) in [6.45, 7) is 2.09. The van der Waals surface area contributed by atoms with Crippen LogP contribution in [0.4, 0.5) is 5.82 Å². The molecule has 1 fully saturated rings. The first-order chi connectivity index (χ1) is 7.85. The first-order valence-corrected chi connectivity index (χ1v) is 6.18. The lowest BCUT2D eigenvalue weighted by molar-refractivity contribution is 0.413. The molecule has 0 saturated carbocycles. The minimum absolute atomic E-state index is 0.698. The smallest absolute Gasteiger partial charge is 0.171 e. The molecule has 1 aromatic rings. The van der Waals surface area contributed by atoms with E-state index >= 15 is 0 Å². The molecule has 2 heterocycles. The Morgan fingerprint density at radius 3 is 3.25 bits per heavy atom. The summed E-state index contributed by atoms with van der Waals surface area (Å²) in [5, 5.41) is 0. The van der Waals surface area contributed by atoms with Crippen LogP contribution in [-0.4, -0.2) is 31.1 Å². The molecular weight excluding hydrogens is 224 g/mol. The van der Waals surface area contributed by atoms with Gasteiger partial charge in [-0.3, -0.25) is 0 Å². The molecule has 4 heteroatoms. The molecule has 1 atom stereocenters. The number of halogens is 1. The molecular formula is C12H17ClN2O. The molecule has 0 aromatic carbocycles. The molecule has 0 spiro atoms. The van der Waals surface area contributed by atoms with Crippen LogP contribution in [0.25, 0.3) is 0 Å². The molecule has 0 amide bonds. The Labute approximate surface area is 101 Å². The number of aromatic nitrogens is 1. The predicted molar refractivity (Wildman–Crippen MR) is 66.4 cm³/mol. The monoisotopic (exact) mass is 240 g/mol. The molecule has 1 unspecified atom stereocenters. The lowest BCUT2D eigenvalue weighted by Crippen LogP contribution is -2.21. The quantitative estimate of drug-likeness (QED) is 0.757.